The van der Waals surface area contributed by atoms with Crippen LogP contribution in [0, 0.1) is 12.7 Å². The zero-order chi connectivity index (χ0) is 14.6. The quantitative estimate of drug-likeness (QED) is 0.814. The molecule has 108 valence electrons. The summed E-state index contributed by atoms with van der Waals surface area (Å²) in [6, 6.07) is 3.25. The molecule has 1 aromatic rings. The van der Waals surface area contributed by atoms with Crippen LogP contribution >= 0.6 is 0 Å². The third-order valence-electron chi connectivity index (χ3n) is 2.52. The zero-order valence-corrected chi connectivity index (χ0v) is 10.2. The molecule has 7 heteroatoms. The molecule has 0 aromatic heterocycles. The van der Waals surface area contributed by atoms with E-state index in [2.05, 4.69) is 4.74 Å². The molecule has 1 aromatic carbocycles. The molecular formula is C12H14F5NO. The number of nitrogens with two attached hydrogens (primary N) is 1. The van der Waals surface area contributed by atoms with Gasteiger partial charge in [-0.15, -0.1) is 0 Å². The number of benzene rings is 1. The number of hydrogen-bond acceptors (Lipinski definition) is 2. The van der Waals surface area contributed by atoms with Crippen LogP contribution in [-0.2, 0) is 4.74 Å². The van der Waals surface area contributed by atoms with Gasteiger partial charge in [0.05, 0.1) is 12.6 Å². The van der Waals surface area contributed by atoms with Gasteiger partial charge in [-0.05, 0) is 24.1 Å². The summed E-state index contributed by atoms with van der Waals surface area (Å²) in [5.74, 6) is -4.61. The van der Waals surface area contributed by atoms with Gasteiger partial charge in [-0.25, -0.2) is 13.2 Å². The number of alkyl halides is 4. The predicted octanol–water partition coefficient (Wildman–Crippen LogP) is 3.05. The van der Waals surface area contributed by atoms with Gasteiger partial charge in [0.1, 0.15) is 12.4 Å². The number of aryl methyl sites for hydroxylation is 1. The maximum atomic E-state index is 13.0. The van der Waals surface area contributed by atoms with Crippen LogP contribution in [0.25, 0.3) is 0 Å². The monoisotopic (exact) mass is 283 g/mol. The molecule has 0 fully saturated rings. The topological polar surface area (TPSA) is 35.2 Å². The maximum Gasteiger partial charge on any atom is 0.330 e. The van der Waals surface area contributed by atoms with E-state index >= 15 is 0 Å². The normalized spacial score (nSPS) is 13.9. The van der Waals surface area contributed by atoms with Gasteiger partial charge in [-0.1, -0.05) is 12.1 Å². The first-order valence-electron chi connectivity index (χ1n) is 5.49. The second kappa shape index (κ2) is 6.29. The minimum Gasteiger partial charge on any atom is -0.373 e. The van der Waals surface area contributed by atoms with Crippen LogP contribution in [0.15, 0.2) is 18.2 Å². The summed E-state index contributed by atoms with van der Waals surface area (Å²) in [6.45, 7) is -0.233. The molecule has 0 aliphatic carbocycles. The Morgan fingerprint density at radius 2 is 1.95 bits per heavy atom. The molecule has 2 N–H and O–H groups in total. The first-order chi connectivity index (χ1) is 8.74. The lowest BCUT2D eigenvalue weighted by Gasteiger charge is -2.18. The van der Waals surface area contributed by atoms with E-state index in [1.807, 2.05) is 0 Å². The van der Waals surface area contributed by atoms with Crippen LogP contribution in [-0.4, -0.2) is 25.6 Å². The fourth-order valence-electron chi connectivity index (χ4n) is 1.38. The molecule has 0 spiro atoms. The van der Waals surface area contributed by atoms with E-state index in [0.29, 0.717) is 11.1 Å². The van der Waals surface area contributed by atoms with Gasteiger partial charge in [-0.2, -0.15) is 8.78 Å². The van der Waals surface area contributed by atoms with Crippen LogP contribution < -0.4 is 5.73 Å². The number of halogens is 5. The highest BCUT2D eigenvalue weighted by molar-refractivity contribution is 5.26. The second-order valence-electron chi connectivity index (χ2n) is 4.19. The van der Waals surface area contributed by atoms with Crippen molar-refractivity contribution in [2.45, 2.75) is 25.3 Å². The van der Waals surface area contributed by atoms with Crippen molar-refractivity contribution in [3.05, 3.63) is 35.1 Å². The first kappa shape index (κ1) is 15.8. The summed E-state index contributed by atoms with van der Waals surface area (Å²) in [5, 5.41) is 0. The number of rotatable bonds is 6. The van der Waals surface area contributed by atoms with Crippen molar-refractivity contribution in [1.82, 2.24) is 0 Å². The highest BCUT2D eigenvalue weighted by atomic mass is 19.3. The van der Waals surface area contributed by atoms with Crippen molar-refractivity contribution in [1.29, 1.82) is 0 Å². The number of ether oxygens (including phenoxy) is 1. The van der Waals surface area contributed by atoms with Crippen LogP contribution in [0.4, 0.5) is 22.0 Å². The molecule has 0 heterocycles. The van der Waals surface area contributed by atoms with E-state index in [0.717, 1.165) is 0 Å². The van der Waals surface area contributed by atoms with Gasteiger partial charge in [0.2, 0.25) is 0 Å². The lowest BCUT2D eigenvalue weighted by atomic mass is 10.1. The molecule has 0 saturated carbocycles. The molecule has 0 bridgehead atoms. The summed E-state index contributed by atoms with van der Waals surface area (Å²) in [4.78, 5) is 0. The SMILES string of the molecule is Cc1cc(C(N)COCC(F)(F)C(F)F)ccc1F. The van der Waals surface area contributed by atoms with Gasteiger partial charge in [-0.3, -0.25) is 0 Å². The Hall–Kier alpha value is -1.21. The second-order valence-corrected chi connectivity index (χ2v) is 4.19. The van der Waals surface area contributed by atoms with Gasteiger partial charge in [0, 0.05) is 0 Å². The largest absolute Gasteiger partial charge is 0.373 e. The molecule has 2 nitrogen and oxygen atoms in total. The average Bonchev–Trinajstić information content (AvgIpc) is 2.32. The first-order valence-corrected chi connectivity index (χ1v) is 5.49. The molecule has 1 rings (SSSR count). The Kier molecular flexibility index (Phi) is 5.25. The van der Waals surface area contributed by atoms with Crippen molar-refractivity contribution >= 4 is 0 Å². The Labute approximate surface area is 107 Å². The zero-order valence-electron chi connectivity index (χ0n) is 10.2. The third-order valence-corrected chi connectivity index (χ3v) is 2.52. The molecule has 1 unspecified atom stereocenters. The van der Waals surface area contributed by atoms with E-state index in [-0.39, 0.29) is 6.61 Å². The Morgan fingerprint density at radius 1 is 1.32 bits per heavy atom. The van der Waals surface area contributed by atoms with E-state index in [1.54, 1.807) is 0 Å². The fourth-order valence-corrected chi connectivity index (χ4v) is 1.38. The summed E-state index contributed by atoms with van der Waals surface area (Å²) < 4.78 is 66.3. The van der Waals surface area contributed by atoms with E-state index < -0.39 is 30.8 Å². The minimum atomic E-state index is -4.20. The summed E-state index contributed by atoms with van der Waals surface area (Å²) in [6.07, 6.45) is -3.78. The maximum absolute atomic E-state index is 13.0. The van der Waals surface area contributed by atoms with Crippen molar-refractivity contribution in [2.24, 2.45) is 5.73 Å². The summed E-state index contributed by atoms with van der Waals surface area (Å²) >= 11 is 0. The highest BCUT2D eigenvalue weighted by Crippen LogP contribution is 2.23. The lowest BCUT2D eigenvalue weighted by Crippen LogP contribution is -2.33. The lowest BCUT2D eigenvalue weighted by molar-refractivity contribution is -0.166. The molecule has 0 aliphatic rings. The Bertz CT molecular complexity index is 425. The fraction of sp³-hybridized carbons (Fsp3) is 0.500. The smallest absolute Gasteiger partial charge is 0.330 e. The van der Waals surface area contributed by atoms with Gasteiger partial charge in [0.15, 0.2) is 0 Å². The van der Waals surface area contributed by atoms with Gasteiger partial charge < -0.3 is 10.5 Å². The van der Waals surface area contributed by atoms with Gasteiger partial charge >= 0.3 is 12.3 Å². The molecule has 0 aliphatic heterocycles. The predicted molar refractivity (Wildman–Crippen MR) is 59.8 cm³/mol. The van der Waals surface area contributed by atoms with Crippen LogP contribution in [0.3, 0.4) is 0 Å². The third kappa shape index (κ3) is 4.43. The van der Waals surface area contributed by atoms with Crippen molar-refractivity contribution in [3.63, 3.8) is 0 Å². The summed E-state index contributed by atoms with van der Waals surface area (Å²) in [7, 11) is 0. The average molecular weight is 283 g/mol. The van der Waals surface area contributed by atoms with E-state index in [9.17, 15) is 22.0 Å². The van der Waals surface area contributed by atoms with Crippen molar-refractivity contribution in [2.75, 3.05) is 13.2 Å². The Morgan fingerprint density at radius 3 is 2.47 bits per heavy atom. The van der Waals surface area contributed by atoms with Crippen molar-refractivity contribution < 1.29 is 26.7 Å². The van der Waals surface area contributed by atoms with Gasteiger partial charge in [0.25, 0.3) is 0 Å². The number of hydrogen-bond donors (Lipinski definition) is 1. The molecule has 0 radical (unpaired) electrons. The van der Waals surface area contributed by atoms with E-state index in [1.165, 1.54) is 25.1 Å². The summed E-state index contributed by atoms with van der Waals surface area (Å²) in [5.41, 5.74) is 6.48. The van der Waals surface area contributed by atoms with E-state index in [4.69, 9.17) is 5.73 Å². The standard InChI is InChI=1S/C12H14F5NO/c1-7-4-8(2-3-9(7)13)10(18)5-19-6-12(16,17)11(14)15/h2-4,10-11H,5-6,18H2,1H3. The minimum absolute atomic E-state index is 0.353. The van der Waals surface area contributed by atoms with Crippen LogP contribution in [0.2, 0.25) is 0 Å². The molecular weight excluding hydrogens is 269 g/mol. The highest BCUT2D eigenvalue weighted by Gasteiger charge is 2.41. The molecule has 0 saturated heterocycles. The molecule has 1 atom stereocenters. The van der Waals surface area contributed by atoms with Crippen LogP contribution in [0.5, 0.6) is 0 Å². The Balaban J connectivity index is 2.52. The van der Waals surface area contributed by atoms with Crippen molar-refractivity contribution in [3.8, 4) is 0 Å². The van der Waals surface area contributed by atoms with Crippen LogP contribution in [0.1, 0.15) is 17.2 Å². The molecule has 19 heavy (non-hydrogen) atoms. The molecule has 0 amide bonds.